The molecule has 10 nitrogen and oxygen atoms in total. The summed E-state index contributed by atoms with van der Waals surface area (Å²) in [5.41, 5.74) is 10.9. The molecule has 2 amide bonds. The zero-order valence-electron chi connectivity index (χ0n) is 17.6. The van der Waals surface area contributed by atoms with Gasteiger partial charge in [-0.05, 0) is 46.1 Å². The highest BCUT2D eigenvalue weighted by Crippen LogP contribution is 2.13. The summed E-state index contributed by atoms with van der Waals surface area (Å²) in [7, 11) is 0. The Labute approximate surface area is 182 Å². The van der Waals surface area contributed by atoms with Crippen LogP contribution in [0.1, 0.15) is 52.4 Å². The first-order valence-electron chi connectivity index (χ1n) is 9.95. The smallest absolute Gasteiger partial charge is 0.303 e. The molecular weight excluding hydrogens is 412 g/mol. The van der Waals surface area contributed by atoms with Crippen LogP contribution in [-0.4, -0.2) is 64.9 Å². The average molecular weight is 447 g/mol. The summed E-state index contributed by atoms with van der Waals surface area (Å²) in [5.74, 6) is -3.71. The highest BCUT2D eigenvalue weighted by molar-refractivity contribution is 7.80. The standard InChI is InChI=1S/C19H34N4O6S/c1-11(21)18(28)23-15(6-7-17(26)27)16(25)9-13(10-30)19(29)22-14(12(2)24)5-3-4-8-20/h11,13-15,30H,3-10,20-21H2,1-2H3,(H,22,29)(H,23,28)(H,26,27). The van der Waals surface area contributed by atoms with E-state index in [0.717, 1.165) is 6.42 Å². The number of carbonyl (C=O) groups excluding carboxylic acids is 4. The molecule has 0 aliphatic rings. The second kappa shape index (κ2) is 14.9. The lowest BCUT2D eigenvalue weighted by atomic mass is 9.95. The van der Waals surface area contributed by atoms with Gasteiger partial charge in [0.2, 0.25) is 11.8 Å². The minimum Gasteiger partial charge on any atom is -0.481 e. The van der Waals surface area contributed by atoms with Crippen LogP contribution in [0.3, 0.4) is 0 Å². The molecule has 0 rings (SSSR count). The maximum atomic E-state index is 12.7. The molecule has 0 bridgehead atoms. The molecule has 0 saturated heterocycles. The first-order valence-corrected chi connectivity index (χ1v) is 10.6. The minimum atomic E-state index is -1.12. The van der Waals surface area contributed by atoms with Crippen LogP contribution in [0.5, 0.6) is 0 Å². The Morgan fingerprint density at radius 3 is 2.07 bits per heavy atom. The highest BCUT2D eigenvalue weighted by atomic mass is 32.1. The lowest BCUT2D eigenvalue weighted by molar-refractivity contribution is -0.138. The molecule has 0 aromatic heterocycles. The summed E-state index contributed by atoms with van der Waals surface area (Å²) in [6.07, 6.45) is 1.12. The van der Waals surface area contributed by atoms with Crippen molar-refractivity contribution in [3.05, 3.63) is 0 Å². The molecule has 0 spiro atoms. The largest absolute Gasteiger partial charge is 0.481 e. The van der Waals surface area contributed by atoms with Crippen molar-refractivity contribution in [3.8, 4) is 0 Å². The van der Waals surface area contributed by atoms with E-state index in [9.17, 15) is 24.0 Å². The zero-order valence-corrected chi connectivity index (χ0v) is 18.5. The molecule has 0 heterocycles. The quantitative estimate of drug-likeness (QED) is 0.134. The van der Waals surface area contributed by atoms with Crippen molar-refractivity contribution < 1.29 is 29.1 Å². The number of hydrogen-bond acceptors (Lipinski definition) is 8. The molecule has 4 unspecified atom stereocenters. The van der Waals surface area contributed by atoms with Gasteiger partial charge in [0, 0.05) is 18.6 Å². The molecule has 30 heavy (non-hydrogen) atoms. The Bertz CT molecular complexity index is 614. The highest BCUT2D eigenvalue weighted by Gasteiger charge is 2.29. The van der Waals surface area contributed by atoms with Crippen LogP contribution < -0.4 is 22.1 Å². The van der Waals surface area contributed by atoms with Crippen molar-refractivity contribution in [1.82, 2.24) is 10.6 Å². The van der Waals surface area contributed by atoms with Crippen LogP contribution >= 0.6 is 12.6 Å². The molecule has 0 aromatic rings. The second-order valence-corrected chi connectivity index (χ2v) is 7.65. The predicted octanol–water partition coefficient (Wildman–Crippen LogP) is -0.609. The number of Topliss-reactive ketones (excluding diaryl/α,β-unsaturated/α-hetero) is 2. The monoisotopic (exact) mass is 446 g/mol. The van der Waals surface area contributed by atoms with Gasteiger partial charge in [-0.25, -0.2) is 0 Å². The maximum Gasteiger partial charge on any atom is 0.303 e. The van der Waals surface area contributed by atoms with Crippen LogP contribution in [0.25, 0.3) is 0 Å². The minimum absolute atomic E-state index is 0.0396. The summed E-state index contributed by atoms with van der Waals surface area (Å²) in [6, 6.07) is -2.64. The first-order chi connectivity index (χ1) is 14.0. The van der Waals surface area contributed by atoms with E-state index < -0.39 is 47.6 Å². The van der Waals surface area contributed by atoms with E-state index in [0.29, 0.717) is 19.4 Å². The molecule has 0 aliphatic carbocycles. The first kappa shape index (κ1) is 28.0. The molecule has 7 N–H and O–H groups in total. The van der Waals surface area contributed by atoms with Crippen molar-refractivity contribution >= 4 is 42.0 Å². The third-order valence-electron chi connectivity index (χ3n) is 4.56. The fraction of sp³-hybridized carbons (Fsp3) is 0.737. The molecule has 172 valence electrons. The molecule has 0 radical (unpaired) electrons. The van der Waals surface area contributed by atoms with Crippen LogP contribution in [0.4, 0.5) is 0 Å². The van der Waals surface area contributed by atoms with E-state index in [1.807, 2.05) is 0 Å². The Kier molecular flexibility index (Phi) is 13.9. The molecule has 11 heteroatoms. The number of aliphatic carboxylic acids is 1. The number of amides is 2. The fourth-order valence-corrected chi connectivity index (χ4v) is 2.96. The number of thiol groups is 1. The van der Waals surface area contributed by atoms with Crippen molar-refractivity contribution in [2.24, 2.45) is 17.4 Å². The second-order valence-electron chi connectivity index (χ2n) is 7.29. The third kappa shape index (κ3) is 11.3. The number of carboxylic acid groups (broad SMARTS) is 1. The number of carbonyl (C=O) groups is 5. The lowest BCUT2D eigenvalue weighted by Gasteiger charge is -2.23. The molecular formula is C19H34N4O6S. The van der Waals surface area contributed by atoms with Crippen LogP contribution in [0.2, 0.25) is 0 Å². The third-order valence-corrected chi connectivity index (χ3v) is 5.00. The van der Waals surface area contributed by atoms with E-state index in [-0.39, 0.29) is 30.8 Å². The summed E-state index contributed by atoms with van der Waals surface area (Å²) >= 11 is 4.13. The topological polar surface area (TPSA) is 182 Å². The van der Waals surface area contributed by atoms with Gasteiger partial charge in [-0.2, -0.15) is 12.6 Å². The van der Waals surface area contributed by atoms with E-state index >= 15 is 0 Å². The summed E-state index contributed by atoms with van der Waals surface area (Å²) in [5, 5.41) is 14.0. The van der Waals surface area contributed by atoms with Gasteiger partial charge in [0.1, 0.15) is 0 Å². The van der Waals surface area contributed by atoms with Gasteiger partial charge in [0.05, 0.1) is 24.0 Å². The Morgan fingerprint density at radius 2 is 1.60 bits per heavy atom. The fourth-order valence-electron chi connectivity index (χ4n) is 2.67. The number of rotatable bonds is 16. The lowest BCUT2D eigenvalue weighted by Crippen LogP contribution is -2.49. The normalized spacial score (nSPS) is 14.8. The number of ketones is 2. The summed E-state index contributed by atoms with van der Waals surface area (Å²) in [4.78, 5) is 59.8. The van der Waals surface area contributed by atoms with Gasteiger partial charge in [0.15, 0.2) is 11.6 Å². The van der Waals surface area contributed by atoms with Gasteiger partial charge in [-0.15, -0.1) is 0 Å². The summed E-state index contributed by atoms with van der Waals surface area (Å²) < 4.78 is 0. The van der Waals surface area contributed by atoms with Gasteiger partial charge in [-0.1, -0.05) is 0 Å². The Morgan fingerprint density at radius 1 is 1.00 bits per heavy atom. The number of hydrogen-bond donors (Lipinski definition) is 6. The van der Waals surface area contributed by atoms with E-state index in [1.54, 1.807) is 0 Å². The zero-order chi connectivity index (χ0) is 23.3. The SMILES string of the molecule is CC(=O)C(CCCCN)NC(=O)C(CS)CC(=O)C(CCC(=O)O)NC(=O)C(C)N. The maximum absolute atomic E-state index is 12.7. The number of nitrogens with two attached hydrogens (primary N) is 2. The Balaban J connectivity index is 5.12. The van der Waals surface area contributed by atoms with Crippen LogP contribution in [0, 0.1) is 5.92 Å². The van der Waals surface area contributed by atoms with Gasteiger partial charge < -0.3 is 27.2 Å². The average Bonchev–Trinajstić information content (AvgIpc) is 2.67. The van der Waals surface area contributed by atoms with Crippen molar-refractivity contribution in [3.63, 3.8) is 0 Å². The van der Waals surface area contributed by atoms with Gasteiger partial charge in [-0.3, -0.25) is 24.0 Å². The van der Waals surface area contributed by atoms with Crippen molar-refractivity contribution in [1.29, 1.82) is 0 Å². The van der Waals surface area contributed by atoms with Crippen LogP contribution in [-0.2, 0) is 24.0 Å². The Hall–Kier alpha value is -1.98. The van der Waals surface area contributed by atoms with E-state index in [4.69, 9.17) is 16.6 Å². The van der Waals surface area contributed by atoms with Crippen molar-refractivity contribution in [2.45, 2.75) is 70.5 Å². The number of carboxylic acids is 1. The number of unbranched alkanes of at least 4 members (excludes halogenated alkanes) is 1. The van der Waals surface area contributed by atoms with Crippen LogP contribution in [0.15, 0.2) is 0 Å². The van der Waals surface area contributed by atoms with Crippen molar-refractivity contribution in [2.75, 3.05) is 12.3 Å². The van der Waals surface area contributed by atoms with Gasteiger partial charge in [0.25, 0.3) is 0 Å². The summed E-state index contributed by atoms with van der Waals surface area (Å²) in [6.45, 7) is 3.29. The van der Waals surface area contributed by atoms with E-state index in [2.05, 4.69) is 23.3 Å². The number of nitrogens with one attached hydrogen (secondary N) is 2. The molecule has 0 saturated carbocycles. The molecule has 0 aliphatic heterocycles. The molecule has 0 aromatic carbocycles. The molecule has 0 fully saturated rings. The molecule has 4 atom stereocenters. The van der Waals surface area contributed by atoms with Gasteiger partial charge >= 0.3 is 5.97 Å². The van der Waals surface area contributed by atoms with E-state index in [1.165, 1.54) is 13.8 Å². The predicted molar refractivity (Wildman–Crippen MR) is 115 cm³/mol.